The summed E-state index contributed by atoms with van der Waals surface area (Å²) in [6.07, 6.45) is 8.48. The van der Waals surface area contributed by atoms with E-state index in [9.17, 15) is 8.42 Å². The third kappa shape index (κ3) is 2.81. The van der Waals surface area contributed by atoms with Crippen LogP contribution < -0.4 is 0 Å². The molecule has 2 aliphatic rings. The number of allylic oxidation sites excluding steroid dienone is 3. The van der Waals surface area contributed by atoms with Crippen molar-refractivity contribution in [2.45, 2.75) is 31.6 Å². The van der Waals surface area contributed by atoms with Crippen LogP contribution in [0.5, 0.6) is 0 Å². The van der Waals surface area contributed by atoms with Crippen molar-refractivity contribution in [3.8, 4) is 0 Å². The molecule has 0 unspecified atom stereocenters. The molecule has 1 aliphatic heterocycles. The Hall–Kier alpha value is -1.65. The van der Waals surface area contributed by atoms with Crippen LogP contribution in [0, 0.1) is 6.92 Å². The highest BCUT2D eigenvalue weighted by molar-refractivity contribution is 7.89. The van der Waals surface area contributed by atoms with Crippen LogP contribution in [-0.2, 0) is 10.0 Å². The van der Waals surface area contributed by atoms with E-state index in [1.807, 2.05) is 26.0 Å². The first-order valence-electron chi connectivity index (χ1n) is 7.61. The van der Waals surface area contributed by atoms with Crippen LogP contribution in [-0.4, -0.2) is 25.8 Å². The van der Waals surface area contributed by atoms with Gasteiger partial charge in [-0.1, -0.05) is 41.5 Å². The second-order valence-corrected chi connectivity index (χ2v) is 7.93. The number of rotatable bonds is 2. The summed E-state index contributed by atoms with van der Waals surface area (Å²) in [5.41, 5.74) is 4.53. The van der Waals surface area contributed by atoms with Crippen molar-refractivity contribution in [3.63, 3.8) is 0 Å². The minimum atomic E-state index is -3.44. The molecule has 1 aliphatic carbocycles. The highest BCUT2D eigenvalue weighted by Crippen LogP contribution is 2.30. The molecule has 1 aromatic rings. The fraction of sp³-hybridized carbons (Fsp3) is 0.333. The SMILES string of the molecule is CC1=C2C=CCCC=C2CN(S(=O)(=O)c2ccc(C)cc2)C1. The molecule has 3 nitrogen and oxygen atoms in total. The Morgan fingerprint density at radius 2 is 1.73 bits per heavy atom. The van der Waals surface area contributed by atoms with Gasteiger partial charge in [0.25, 0.3) is 0 Å². The number of nitrogens with zero attached hydrogens (tertiary/aromatic N) is 1. The summed E-state index contributed by atoms with van der Waals surface area (Å²) in [6, 6.07) is 7.08. The average molecular weight is 315 g/mol. The first kappa shape index (κ1) is 15.3. The van der Waals surface area contributed by atoms with E-state index in [-0.39, 0.29) is 0 Å². The Kier molecular flexibility index (Phi) is 4.06. The first-order chi connectivity index (χ1) is 10.5. The molecule has 0 amide bonds. The zero-order valence-corrected chi connectivity index (χ0v) is 13.9. The maximum absolute atomic E-state index is 12.9. The van der Waals surface area contributed by atoms with Gasteiger partial charge in [0.2, 0.25) is 10.0 Å². The quantitative estimate of drug-likeness (QED) is 0.836. The lowest BCUT2D eigenvalue weighted by molar-refractivity contribution is 0.451. The van der Waals surface area contributed by atoms with Gasteiger partial charge in [-0.25, -0.2) is 8.42 Å². The van der Waals surface area contributed by atoms with Gasteiger partial charge in [-0.2, -0.15) is 4.31 Å². The lowest BCUT2D eigenvalue weighted by atomic mass is 9.97. The van der Waals surface area contributed by atoms with E-state index < -0.39 is 10.0 Å². The zero-order chi connectivity index (χ0) is 15.7. The molecule has 0 radical (unpaired) electrons. The van der Waals surface area contributed by atoms with Crippen molar-refractivity contribution in [3.05, 3.63) is 64.8 Å². The lowest BCUT2D eigenvalue weighted by Crippen LogP contribution is -2.37. The molecular weight excluding hydrogens is 294 g/mol. The number of sulfonamides is 1. The predicted octanol–water partition coefficient (Wildman–Crippen LogP) is 3.59. The summed E-state index contributed by atoms with van der Waals surface area (Å²) in [5, 5.41) is 0. The van der Waals surface area contributed by atoms with Crippen molar-refractivity contribution in [1.82, 2.24) is 4.31 Å². The van der Waals surface area contributed by atoms with Crippen molar-refractivity contribution in [2.24, 2.45) is 0 Å². The van der Waals surface area contributed by atoms with Crippen LogP contribution in [0.25, 0.3) is 0 Å². The molecule has 116 valence electrons. The van der Waals surface area contributed by atoms with E-state index in [4.69, 9.17) is 0 Å². The van der Waals surface area contributed by atoms with Gasteiger partial charge in [0.05, 0.1) is 4.90 Å². The van der Waals surface area contributed by atoms with Gasteiger partial charge in [0.1, 0.15) is 0 Å². The van der Waals surface area contributed by atoms with Gasteiger partial charge in [0.15, 0.2) is 0 Å². The van der Waals surface area contributed by atoms with E-state index in [2.05, 4.69) is 18.2 Å². The summed E-state index contributed by atoms with van der Waals surface area (Å²) < 4.78 is 27.3. The molecule has 0 bridgehead atoms. The van der Waals surface area contributed by atoms with Crippen molar-refractivity contribution in [1.29, 1.82) is 0 Å². The molecule has 22 heavy (non-hydrogen) atoms. The summed E-state index contributed by atoms with van der Waals surface area (Å²) in [4.78, 5) is 0.374. The highest BCUT2D eigenvalue weighted by atomic mass is 32.2. The molecule has 0 aromatic heterocycles. The number of hydrogen-bond acceptors (Lipinski definition) is 2. The molecule has 1 aromatic carbocycles. The van der Waals surface area contributed by atoms with Crippen LogP contribution >= 0.6 is 0 Å². The van der Waals surface area contributed by atoms with E-state index >= 15 is 0 Å². The minimum absolute atomic E-state index is 0.374. The number of benzene rings is 1. The molecule has 1 heterocycles. The van der Waals surface area contributed by atoms with E-state index in [0.29, 0.717) is 18.0 Å². The van der Waals surface area contributed by atoms with Gasteiger partial charge in [-0.3, -0.25) is 0 Å². The maximum atomic E-state index is 12.9. The van der Waals surface area contributed by atoms with Gasteiger partial charge in [0, 0.05) is 13.1 Å². The topological polar surface area (TPSA) is 37.4 Å². The lowest BCUT2D eigenvalue weighted by Gasteiger charge is -2.30. The van der Waals surface area contributed by atoms with E-state index in [0.717, 1.165) is 29.6 Å². The largest absolute Gasteiger partial charge is 0.243 e. The second-order valence-electron chi connectivity index (χ2n) is 5.99. The minimum Gasteiger partial charge on any atom is -0.207 e. The third-order valence-electron chi connectivity index (χ3n) is 4.23. The standard InChI is InChI=1S/C18H21NO2S/c1-14-8-10-17(11-9-14)22(20,21)19-12-15(2)18-7-5-3-4-6-16(18)13-19/h5-11H,3-4,12-13H2,1-2H3. The molecular formula is C18H21NO2S. The second kappa shape index (κ2) is 5.86. The Labute approximate surface area is 132 Å². The maximum Gasteiger partial charge on any atom is 0.243 e. The molecule has 0 atom stereocenters. The van der Waals surface area contributed by atoms with Gasteiger partial charge < -0.3 is 0 Å². The Bertz CT molecular complexity index is 768. The van der Waals surface area contributed by atoms with Crippen LogP contribution in [0.1, 0.15) is 25.3 Å². The summed E-state index contributed by atoms with van der Waals surface area (Å²) >= 11 is 0. The molecule has 0 spiro atoms. The summed E-state index contributed by atoms with van der Waals surface area (Å²) in [5.74, 6) is 0. The normalized spacial score (nSPS) is 19.6. The highest BCUT2D eigenvalue weighted by Gasteiger charge is 2.30. The monoisotopic (exact) mass is 315 g/mol. The predicted molar refractivity (Wildman–Crippen MR) is 89.1 cm³/mol. The Morgan fingerprint density at radius 3 is 2.45 bits per heavy atom. The molecule has 0 N–H and O–H groups in total. The van der Waals surface area contributed by atoms with Crippen molar-refractivity contribution < 1.29 is 8.42 Å². The third-order valence-corrected chi connectivity index (χ3v) is 6.04. The first-order valence-corrected chi connectivity index (χ1v) is 9.05. The molecule has 3 rings (SSSR count). The van der Waals surface area contributed by atoms with Gasteiger partial charge in [-0.15, -0.1) is 0 Å². The van der Waals surface area contributed by atoms with Crippen LogP contribution in [0.15, 0.2) is 64.1 Å². The molecule has 4 heteroatoms. The van der Waals surface area contributed by atoms with E-state index in [1.165, 1.54) is 5.57 Å². The smallest absolute Gasteiger partial charge is 0.207 e. The van der Waals surface area contributed by atoms with Crippen LogP contribution in [0.3, 0.4) is 0 Å². The van der Waals surface area contributed by atoms with Crippen LogP contribution in [0.2, 0.25) is 0 Å². The van der Waals surface area contributed by atoms with Gasteiger partial charge >= 0.3 is 0 Å². The molecule has 0 fully saturated rings. The average Bonchev–Trinajstić information content (AvgIpc) is 2.73. The number of fused-ring (bicyclic) bond motifs is 1. The Balaban J connectivity index is 1.97. The summed E-state index contributed by atoms with van der Waals surface area (Å²) in [7, 11) is -3.44. The van der Waals surface area contributed by atoms with Gasteiger partial charge in [-0.05, 0) is 50.0 Å². The summed E-state index contributed by atoms with van der Waals surface area (Å²) in [6.45, 7) is 4.91. The van der Waals surface area contributed by atoms with Crippen molar-refractivity contribution in [2.75, 3.05) is 13.1 Å². The number of aryl methyl sites for hydroxylation is 1. The van der Waals surface area contributed by atoms with Crippen molar-refractivity contribution >= 4 is 10.0 Å². The van der Waals surface area contributed by atoms with Crippen LogP contribution in [0.4, 0.5) is 0 Å². The fourth-order valence-corrected chi connectivity index (χ4v) is 4.41. The number of hydrogen-bond donors (Lipinski definition) is 0. The molecule has 0 saturated heterocycles. The van der Waals surface area contributed by atoms with E-state index in [1.54, 1.807) is 16.4 Å². The Morgan fingerprint density at radius 1 is 1.00 bits per heavy atom. The molecule has 0 saturated carbocycles. The zero-order valence-electron chi connectivity index (χ0n) is 13.0. The fourth-order valence-electron chi connectivity index (χ4n) is 2.96.